The van der Waals surface area contributed by atoms with Gasteiger partial charge in [-0.2, -0.15) is 0 Å². The molecule has 1 heterocycles. The number of nitrogens with zero attached hydrogens (tertiary/aromatic N) is 1. The maximum absolute atomic E-state index is 12.3. The third kappa shape index (κ3) is 2.80. The van der Waals surface area contributed by atoms with Crippen LogP contribution in [0.2, 0.25) is 0 Å². The summed E-state index contributed by atoms with van der Waals surface area (Å²) in [6.07, 6.45) is 2.88. The molecular weight excluding hydrogens is 236 g/mol. The molecular formula is C16H22N2O. The minimum Gasteiger partial charge on any atom is -0.295 e. The molecule has 1 aromatic carbocycles. The molecule has 0 radical (unpaired) electrons. The van der Waals surface area contributed by atoms with Crippen LogP contribution in [0.1, 0.15) is 37.8 Å². The fraction of sp³-hybridized carbons (Fsp3) is 0.438. The van der Waals surface area contributed by atoms with Crippen molar-refractivity contribution < 1.29 is 0 Å². The van der Waals surface area contributed by atoms with Crippen LogP contribution in [-0.4, -0.2) is 9.78 Å². The lowest BCUT2D eigenvalue weighted by molar-refractivity contribution is 0.557. The van der Waals surface area contributed by atoms with Crippen LogP contribution in [-0.2, 0) is 13.0 Å². The van der Waals surface area contributed by atoms with Gasteiger partial charge in [-0.25, -0.2) is 0 Å². The van der Waals surface area contributed by atoms with Crippen LogP contribution in [0.5, 0.6) is 0 Å². The highest BCUT2D eigenvalue weighted by Crippen LogP contribution is 2.21. The molecule has 0 bridgehead atoms. The Morgan fingerprint density at radius 3 is 2.68 bits per heavy atom. The van der Waals surface area contributed by atoms with Crippen LogP contribution in [0.25, 0.3) is 11.3 Å². The van der Waals surface area contributed by atoms with Crippen LogP contribution in [0.3, 0.4) is 0 Å². The second kappa shape index (κ2) is 5.91. The molecule has 0 aliphatic heterocycles. The SMILES string of the molecule is CCCCn1[nH]c(-c2cccc(C)c2)c(CC)c1=O. The summed E-state index contributed by atoms with van der Waals surface area (Å²) in [7, 11) is 0. The second-order valence-electron chi connectivity index (χ2n) is 5.00. The average Bonchev–Trinajstić information content (AvgIpc) is 2.73. The first kappa shape index (κ1) is 13.7. The molecule has 0 aliphatic carbocycles. The zero-order valence-electron chi connectivity index (χ0n) is 12.0. The van der Waals surface area contributed by atoms with Crippen LogP contribution < -0.4 is 5.56 Å². The lowest BCUT2D eigenvalue weighted by Crippen LogP contribution is -2.18. The highest BCUT2D eigenvalue weighted by atomic mass is 16.1. The summed E-state index contributed by atoms with van der Waals surface area (Å²) in [6.45, 7) is 7.01. The number of aryl methyl sites for hydroxylation is 2. The van der Waals surface area contributed by atoms with Crippen molar-refractivity contribution in [2.45, 2.75) is 46.6 Å². The fourth-order valence-electron chi connectivity index (χ4n) is 2.36. The highest BCUT2D eigenvalue weighted by Gasteiger charge is 2.13. The Bertz CT molecular complexity index is 607. The predicted molar refractivity (Wildman–Crippen MR) is 79.5 cm³/mol. The highest BCUT2D eigenvalue weighted by molar-refractivity contribution is 5.63. The summed E-state index contributed by atoms with van der Waals surface area (Å²) in [5.41, 5.74) is 4.31. The van der Waals surface area contributed by atoms with Crippen molar-refractivity contribution in [1.29, 1.82) is 0 Å². The maximum Gasteiger partial charge on any atom is 0.270 e. The molecule has 3 nitrogen and oxygen atoms in total. The Balaban J connectivity index is 2.48. The third-order valence-electron chi connectivity index (χ3n) is 3.45. The first-order chi connectivity index (χ1) is 9.17. The zero-order chi connectivity index (χ0) is 13.8. The zero-order valence-corrected chi connectivity index (χ0v) is 12.0. The number of H-pyrrole nitrogens is 1. The molecule has 0 spiro atoms. The Labute approximate surface area is 114 Å². The van der Waals surface area contributed by atoms with Gasteiger partial charge in [-0.15, -0.1) is 0 Å². The normalized spacial score (nSPS) is 10.9. The van der Waals surface area contributed by atoms with E-state index >= 15 is 0 Å². The van der Waals surface area contributed by atoms with Crippen LogP contribution in [0.4, 0.5) is 0 Å². The van der Waals surface area contributed by atoms with Gasteiger partial charge in [0.1, 0.15) is 0 Å². The van der Waals surface area contributed by atoms with Crippen molar-refractivity contribution in [2.75, 3.05) is 0 Å². The number of nitrogens with one attached hydrogen (secondary N) is 1. The van der Waals surface area contributed by atoms with Crippen LogP contribution in [0, 0.1) is 6.92 Å². The van der Waals surface area contributed by atoms with Gasteiger partial charge in [0.2, 0.25) is 0 Å². The Hall–Kier alpha value is -1.77. The lowest BCUT2D eigenvalue weighted by atomic mass is 10.0. The van der Waals surface area contributed by atoms with E-state index in [0.717, 1.165) is 42.6 Å². The van der Waals surface area contributed by atoms with Crippen molar-refractivity contribution in [3.05, 3.63) is 45.7 Å². The molecule has 102 valence electrons. The molecule has 2 rings (SSSR count). The molecule has 0 saturated heterocycles. The molecule has 0 amide bonds. The van der Waals surface area contributed by atoms with E-state index in [1.54, 1.807) is 4.68 Å². The molecule has 0 unspecified atom stereocenters. The molecule has 0 atom stereocenters. The summed E-state index contributed by atoms with van der Waals surface area (Å²) >= 11 is 0. The van der Waals surface area contributed by atoms with E-state index < -0.39 is 0 Å². The van der Waals surface area contributed by atoms with Crippen molar-refractivity contribution in [3.63, 3.8) is 0 Å². The average molecular weight is 258 g/mol. The Morgan fingerprint density at radius 2 is 2.05 bits per heavy atom. The predicted octanol–water partition coefficient (Wildman–Crippen LogP) is 3.51. The van der Waals surface area contributed by atoms with E-state index in [-0.39, 0.29) is 5.56 Å². The topological polar surface area (TPSA) is 37.8 Å². The molecule has 0 saturated carbocycles. The first-order valence-corrected chi connectivity index (χ1v) is 7.06. The standard InChI is InChI=1S/C16H22N2O/c1-4-6-10-18-16(19)14(5-2)15(17-18)13-9-7-8-12(3)11-13/h7-9,11,17H,4-6,10H2,1-3H3. The molecule has 1 N–H and O–H groups in total. The molecule has 19 heavy (non-hydrogen) atoms. The summed E-state index contributed by atoms with van der Waals surface area (Å²) in [4.78, 5) is 12.3. The molecule has 1 aromatic heterocycles. The minimum atomic E-state index is 0.132. The van der Waals surface area contributed by atoms with E-state index in [2.05, 4.69) is 37.1 Å². The van der Waals surface area contributed by atoms with Crippen molar-refractivity contribution in [3.8, 4) is 11.3 Å². The summed E-state index contributed by atoms with van der Waals surface area (Å²) in [5.74, 6) is 0. The summed E-state index contributed by atoms with van der Waals surface area (Å²) in [6, 6.07) is 8.28. The van der Waals surface area contributed by atoms with Gasteiger partial charge in [0, 0.05) is 17.7 Å². The Morgan fingerprint density at radius 1 is 1.26 bits per heavy atom. The number of hydrogen-bond acceptors (Lipinski definition) is 1. The van der Waals surface area contributed by atoms with E-state index in [4.69, 9.17) is 0 Å². The Kier molecular flexibility index (Phi) is 4.25. The number of benzene rings is 1. The van der Waals surface area contributed by atoms with Gasteiger partial charge in [0.05, 0.1) is 5.69 Å². The number of aromatic nitrogens is 2. The van der Waals surface area contributed by atoms with E-state index in [9.17, 15) is 4.79 Å². The second-order valence-corrected chi connectivity index (χ2v) is 5.00. The maximum atomic E-state index is 12.3. The molecule has 3 heteroatoms. The third-order valence-corrected chi connectivity index (χ3v) is 3.45. The molecule has 0 aliphatic rings. The first-order valence-electron chi connectivity index (χ1n) is 7.06. The van der Waals surface area contributed by atoms with Crippen molar-refractivity contribution in [1.82, 2.24) is 9.78 Å². The summed E-state index contributed by atoms with van der Waals surface area (Å²) in [5, 5.41) is 3.28. The van der Waals surface area contributed by atoms with Crippen molar-refractivity contribution >= 4 is 0 Å². The van der Waals surface area contributed by atoms with Gasteiger partial charge >= 0.3 is 0 Å². The van der Waals surface area contributed by atoms with E-state index in [1.807, 2.05) is 13.0 Å². The van der Waals surface area contributed by atoms with Gasteiger partial charge in [-0.3, -0.25) is 14.6 Å². The molecule has 2 aromatic rings. The van der Waals surface area contributed by atoms with Gasteiger partial charge in [-0.05, 0) is 25.8 Å². The van der Waals surface area contributed by atoms with Crippen LogP contribution >= 0.6 is 0 Å². The monoisotopic (exact) mass is 258 g/mol. The minimum absolute atomic E-state index is 0.132. The fourth-order valence-corrected chi connectivity index (χ4v) is 2.36. The van der Waals surface area contributed by atoms with E-state index in [1.165, 1.54) is 5.56 Å². The molecule has 0 fully saturated rings. The van der Waals surface area contributed by atoms with Crippen LogP contribution in [0.15, 0.2) is 29.1 Å². The quantitative estimate of drug-likeness (QED) is 0.875. The smallest absolute Gasteiger partial charge is 0.270 e. The van der Waals surface area contributed by atoms with Gasteiger partial charge in [0.15, 0.2) is 0 Å². The van der Waals surface area contributed by atoms with Gasteiger partial charge in [-0.1, -0.05) is 44.0 Å². The van der Waals surface area contributed by atoms with E-state index in [0.29, 0.717) is 0 Å². The summed E-state index contributed by atoms with van der Waals surface area (Å²) < 4.78 is 1.75. The lowest BCUT2D eigenvalue weighted by Gasteiger charge is -2.02. The number of rotatable bonds is 5. The number of aromatic amines is 1. The largest absolute Gasteiger partial charge is 0.295 e. The van der Waals surface area contributed by atoms with Gasteiger partial charge in [0.25, 0.3) is 5.56 Å². The van der Waals surface area contributed by atoms with Crippen molar-refractivity contribution in [2.24, 2.45) is 0 Å². The van der Waals surface area contributed by atoms with Gasteiger partial charge < -0.3 is 0 Å². The number of hydrogen-bond donors (Lipinski definition) is 1. The number of unbranched alkanes of at least 4 members (excludes halogenated alkanes) is 1.